The lowest BCUT2D eigenvalue weighted by atomic mass is 10.0. The van der Waals surface area contributed by atoms with E-state index in [-0.39, 0.29) is 12.2 Å². The minimum atomic E-state index is -0.568. The third-order valence-electron chi connectivity index (χ3n) is 5.95. The molecule has 9 heteroatoms. The number of ether oxygens (including phenoxy) is 1. The van der Waals surface area contributed by atoms with Crippen molar-refractivity contribution in [3.05, 3.63) is 101 Å². The summed E-state index contributed by atoms with van der Waals surface area (Å²) in [6, 6.07) is 13.2. The second-order valence-corrected chi connectivity index (χ2v) is 10.1. The van der Waals surface area contributed by atoms with Crippen molar-refractivity contribution in [1.82, 2.24) is 14.3 Å². The van der Waals surface area contributed by atoms with Gasteiger partial charge in [-0.3, -0.25) is 9.36 Å². The topological polar surface area (TPSA) is 78.5 Å². The fourth-order valence-electron chi connectivity index (χ4n) is 4.32. The van der Waals surface area contributed by atoms with Crippen molar-refractivity contribution in [2.75, 3.05) is 6.61 Å². The second kappa shape index (κ2) is 9.24. The largest absolute Gasteiger partial charge is 0.463 e. The number of benzene rings is 1. The van der Waals surface area contributed by atoms with E-state index < -0.39 is 12.0 Å². The Kier molecular flexibility index (Phi) is 6.12. The van der Waals surface area contributed by atoms with Crippen LogP contribution in [0, 0.1) is 13.8 Å². The highest BCUT2D eigenvalue weighted by molar-refractivity contribution is 7.10. The number of para-hydroxylation sites is 1. The van der Waals surface area contributed by atoms with Crippen molar-refractivity contribution < 1.29 is 9.53 Å². The Morgan fingerprint density at radius 1 is 1.14 bits per heavy atom. The zero-order chi connectivity index (χ0) is 24.7. The minimum absolute atomic E-state index is 0.187. The van der Waals surface area contributed by atoms with Crippen LogP contribution in [0.1, 0.15) is 41.7 Å². The Morgan fingerprint density at radius 2 is 1.91 bits per heavy atom. The number of thiophene rings is 1. The van der Waals surface area contributed by atoms with Crippen LogP contribution < -0.4 is 14.9 Å². The Balaban J connectivity index is 1.69. The number of thiazole rings is 1. The predicted molar refractivity (Wildman–Crippen MR) is 138 cm³/mol. The highest BCUT2D eigenvalue weighted by atomic mass is 32.1. The number of esters is 1. The van der Waals surface area contributed by atoms with Crippen LogP contribution in [0.25, 0.3) is 11.8 Å². The van der Waals surface area contributed by atoms with Gasteiger partial charge in [-0.25, -0.2) is 14.5 Å². The molecular weight excluding hydrogens is 480 g/mol. The lowest BCUT2D eigenvalue weighted by Crippen LogP contribution is -2.39. The quantitative estimate of drug-likeness (QED) is 0.389. The zero-order valence-corrected chi connectivity index (χ0v) is 21.4. The van der Waals surface area contributed by atoms with E-state index in [0.29, 0.717) is 20.6 Å². The van der Waals surface area contributed by atoms with E-state index in [0.717, 1.165) is 27.5 Å². The van der Waals surface area contributed by atoms with Crippen molar-refractivity contribution in [2.24, 2.45) is 4.99 Å². The fourth-order valence-corrected chi connectivity index (χ4v) is 6.17. The van der Waals surface area contributed by atoms with Crippen LogP contribution in [0.15, 0.2) is 68.9 Å². The second-order valence-electron chi connectivity index (χ2n) is 8.15. The van der Waals surface area contributed by atoms with Crippen LogP contribution in [0.4, 0.5) is 0 Å². The Hall–Kier alpha value is -3.56. The first-order valence-corrected chi connectivity index (χ1v) is 12.9. The van der Waals surface area contributed by atoms with Gasteiger partial charge in [0.25, 0.3) is 5.56 Å². The number of nitrogens with zero attached hydrogens (tertiary/aromatic N) is 4. The lowest BCUT2D eigenvalue weighted by molar-refractivity contribution is -0.139. The van der Waals surface area contributed by atoms with Crippen LogP contribution in [-0.2, 0) is 9.53 Å². The van der Waals surface area contributed by atoms with Crippen molar-refractivity contribution in [1.29, 1.82) is 0 Å². The van der Waals surface area contributed by atoms with Gasteiger partial charge in [0, 0.05) is 16.1 Å². The van der Waals surface area contributed by atoms with Crippen molar-refractivity contribution >= 4 is 34.7 Å². The maximum Gasteiger partial charge on any atom is 0.338 e. The van der Waals surface area contributed by atoms with Gasteiger partial charge in [0.05, 0.1) is 33.8 Å². The van der Waals surface area contributed by atoms with Gasteiger partial charge < -0.3 is 4.74 Å². The smallest absolute Gasteiger partial charge is 0.338 e. The van der Waals surface area contributed by atoms with Crippen molar-refractivity contribution in [3.63, 3.8) is 0 Å². The van der Waals surface area contributed by atoms with E-state index in [4.69, 9.17) is 9.84 Å². The van der Waals surface area contributed by atoms with Gasteiger partial charge in [0.15, 0.2) is 4.80 Å². The Labute approximate surface area is 210 Å². The molecule has 0 saturated heterocycles. The monoisotopic (exact) mass is 504 g/mol. The van der Waals surface area contributed by atoms with E-state index in [1.54, 1.807) is 18.4 Å². The van der Waals surface area contributed by atoms with E-state index in [1.165, 1.54) is 22.7 Å². The first-order valence-electron chi connectivity index (χ1n) is 11.3. The highest BCUT2D eigenvalue weighted by Crippen LogP contribution is 2.33. The molecule has 0 fully saturated rings. The molecule has 0 radical (unpaired) electrons. The average Bonchev–Trinajstić information content (AvgIpc) is 3.55. The van der Waals surface area contributed by atoms with Crippen LogP contribution in [0.5, 0.6) is 0 Å². The van der Waals surface area contributed by atoms with E-state index in [1.807, 2.05) is 72.4 Å². The van der Waals surface area contributed by atoms with Gasteiger partial charge in [-0.1, -0.05) is 35.6 Å². The number of carbonyl (C=O) groups excluding carboxylic acids is 1. The third kappa shape index (κ3) is 4.00. The van der Waals surface area contributed by atoms with E-state index in [9.17, 15) is 9.59 Å². The molecule has 35 heavy (non-hydrogen) atoms. The summed E-state index contributed by atoms with van der Waals surface area (Å²) < 4.78 is 9.38. The maximum atomic E-state index is 13.7. The Morgan fingerprint density at radius 3 is 2.60 bits per heavy atom. The zero-order valence-electron chi connectivity index (χ0n) is 19.8. The number of aromatic nitrogens is 3. The molecule has 1 aliphatic rings. The minimum Gasteiger partial charge on any atom is -0.463 e. The van der Waals surface area contributed by atoms with Gasteiger partial charge in [0.1, 0.15) is 6.04 Å². The van der Waals surface area contributed by atoms with Crippen LogP contribution in [0.2, 0.25) is 0 Å². The first-order chi connectivity index (χ1) is 16.9. The molecule has 3 aromatic heterocycles. The molecule has 0 amide bonds. The summed E-state index contributed by atoms with van der Waals surface area (Å²) in [5.74, 6) is -0.447. The number of carbonyl (C=O) groups is 1. The molecule has 1 aliphatic heterocycles. The normalized spacial score (nSPS) is 15.8. The summed E-state index contributed by atoms with van der Waals surface area (Å²) in [6.45, 7) is 7.74. The molecule has 0 saturated carbocycles. The predicted octanol–water partition coefficient (Wildman–Crippen LogP) is 3.66. The average molecular weight is 505 g/mol. The SMILES string of the molecule is CCOC(=O)C1=C(C)N=c2s/c(=C/c3c(C)nn(-c4ccccc4)c3C)c(=O)n2[C@H]1c1cccs1. The standard InChI is InChI=1S/C26H24N4O3S2/c1-5-33-25(32)22-16(3)27-26-29(23(22)20-12-9-13-34-20)24(31)21(35-26)14-19-15(2)28-30(17(19)4)18-10-7-6-8-11-18/h6-14,23H,5H2,1-4H3/b21-14+/t23-/m0/s1. The molecule has 0 bridgehead atoms. The number of aryl methyl sites for hydroxylation is 1. The van der Waals surface area contributed by atoms with Crippen LogP contribution >= 0.6 is 22.7 Å². The molecule has 1 aromatic carbocycles. The summed E-state index contributed by atoms with van der Waals surface area (Å²) in [5.41, 5.74) is 4.41. The van der Waals surface area contributed by atoms with Gasteiger partial charge in [-0.05, 0) is 57.4 Å². The molecular formula is C26H24N4O3S2. The Bertz CT molecular complexity index is 1620. The summed E-state index contributed by atoms with van der Waals surface area (Å²) in [5, 5.41) is 6.64. The number of rotatable bonds is 5. The number of fused-ring (bicyclic) bond motifs is 1. The molecule has 7 nitrogen and oxygen atoms in total. The van der Waals surface area contributed by atoms with Gasteiger partial charge >= 0.3 is 5.97 Å². The van der Waals surface area contributed by atoms with Crippen molar-refractivity contribution in [3.8, 4) is 5.69 Å². The molecule has 1 atom stereocenters. The number of allylic oxidation sites excluding steroid dienone is 1. The molecule has 4 aromatic rings. The summed E-state index contributed by atoms with van der Waals surface area (Å²) in [6.07, 6.45) is 1.88. The van der Waals surface area contributed by atoms with Gasteiger partial charge in [0.2, 0.25) is 0 Å². The molecule has 0 aliphatic carbocycles. The molecule has 178 valence electrons. The van der Waals surface area contributed by atoms with Gasteiger partial charge in [-0.15, -0.1) is 11.3 Å². The van der Waals surface area contributed by atoms with Gasteiger partial charge in [-0.2, -0.15) is 5.10 Å². The molecule has 4 heterocycles. The molecule has 5 rings (SSSR count). The summed E-state index contributed by atoms with van der Waals surface area (Å²) in [4.78, 5) is 32.7. The highest BCUT2D eigenvalue weighted by Gasteiger charge is 2.34. The van der Waals surface area contributed by atoms with Crippen LogP contribution in [-0.4, -0.2) is 26.9 Å². The fraction of sp³-hybridized carbons (Fsp3) is 0.231. The maximum absolute atomic E-state index is 13.7. The molecule has 0 N–H and O–H groups in total. The third-order valence-corrected chi connectivity index (χ3v) is 7.86. The van der Waals surface area contributed by atoms with Crippen LogP contribution in [0.3, 0.4) is 0 Å². The lowest BCUT2D eigenvalue weighted by Gasteiger charge is -2.23. The number of hydrogen-bond acceptors (Lipinski definition) is 7. The van der Waals surface area contributed by atoms with E-state index in [2.05, 4.69) is 4.99 Å². The molecule has 0 spiro atoms. The first kappa shape index (κ1) is 23.2. The molecule has 0 unspecified atom stereocenters. The number of hydrogen-bond donors (Lipinski definition) is 0. The summed E-state index contributed by atoms with van der Waals surface area (Å²) >= 11 is 2.82. The van der Waals surface area contributed by atoms with Crippen molar-refractivity contribution in [2.45, 2.75) is 33.7 Å². The van der Waals surface area contributed by atoms with E-state index >= 15 is 0 Å². The summed E-state index contributed by atoms with van der Waals surface area (Å²) in [7, 11) is 0.